The average molecular weight is 300 g/mol. The maximum Gasteiger partial charge on any atom is 0.213 e. The Morgan fingerprint density at radius 2 is 1.91 bits per heavy atom. The summed E-state index contributed by atoms with van der Waals surface area (Å²) in [5, 5.41) is 0. The maximum absolute atomic E-state index is 14.2. The molecule has 0 spiro atoms. The first-order valence-electron chi connectivity index (χ1n) is 7.78. The summed E-state index contributed by atoms with van der Waals surface area (Å²) in [5.41, 5.74) is 2.63. The fourth-order valence-corrected chi connectivity index (χ4v) is 3.02. The third-order valence-corrected chi connectivity index (χ3v) is 4.19. The first-order valence-corrected chi connectivity index (χ1v) is 7.78. The molecular formula is C18H21FN2O. The van der Waals surface area contributed by atoms with Gasteiger partial charge in [-0.05, 0) is 37.1 Å². The summed E-state index contributed by atoms with van der Waals surface area (Å²) in [7, 11) is 1.55. The van der Waals surface area contributed by atoms with Crippen molar-refractivity contribution in [2.75, 3.05) is 20.2 Å². The summed E-state index contributed by atoms with van der Waals surface area (Å²) in [5.74, 6) is 0.121. The average Bonchev–Trinajstić information content (AvgIpc) is 2.57. The summed E-state index contributed by atoms with van der Waals surface area (Å²) < 4.78 is 19.4. The molecule has 0 unspecified atom stereocenters. The number of pyridine rings is 1. The normalized spacial score (nSPS) is 15.7. The highest BCUT2D eigenvalue weighted by molar-refractivity contribution is 5.68. The van der Waals surface area contributed by atoms with Crippen LogP contribution in [0.4, 0.5) is 4.39 Å². The molecule has 2 heterocycles. The van der Waals surface area contributed by atoms with E-state index >= 15 is 0 Å². The number of likely N-dealkylation sites (tertiary alicyclic amines) is 1. The van der Waals surface area contributed by atoms with Crippen LogP contribution in [0.25, 0.3) is 11.1 Å². The summed E-state index contributed by atoms with van der Waals surface area (Å²) in [6.45, 7) is 3.10. The molecule has 1 fully saturated rings. The summed E-state index contributed by atoms with van der Waals surface area (Å²) in [4.78, 5) is 6.36. The highest BCUT2D eigenvalue weighted by Crippen LogP contribution is 2.29. The molecule has 0 bridgehead atoms. The summed E-state index contributed by atoms with van der Waals surface area (Å²) in [6.07, 6.45) is 5.04. The fourth-order valence-electron chi connectivity index (χ4n) is 3.02. The van der Waals surface area contributed by atoms with Crippen molar-refractivity contribution >= 4 is 0 Å². The molecule has 0 saturated carbocycles. The van der Waals surface area contributed by atoms with Crippen LogP contribution in [0.5, 0.6) is 5.88 Å². The summed E-state index contributed by atoms with van der Waals surface area (Å²) >= 11 is 0. The lowest BCUT2D eigenvalue weighted by molar-refractivity contribution is 0.221. The number of rotatable bonds is 4. The number of nitrogens with zero attached hydrogens (tertiary/aromatic N) is 2. The minimum absolute atomic E-state index is 0.313. The molecule has 1 aliphatic rings. The predicted molar refractivity (Wildman–Crippen MR) is 85.3 cm³/mol. The van der Waals surface area contributed by atoms with Gasteiger partial charge in [0.25, 0.3) is 0 Å². The molecule has 0 radical (unpaired) electrons. The fraction of sp³-hybridized carbons (Fsp3) is 0.389. The van der Waals surface area contributed by atoms with Gasteiger partial charge in [0, 0.05) is 18.2 Å². The van der Waals surface area contributed by atoms with E-state index in [-0.39, 0.29) is 5.82 Å². The second-order valence-electron chi connectivity index (χ2n) is 5.70. The van der Waals surface area contributed by atoms with E-state index in [2.05, 4.69) is 16.0 Å². The van der Waals surface area contributed by atoms with Crippen molar-refractivity contribution in [3.05, 3.63) is 47.9 Å². The van der Waals surface area contributed by atoms with Crippen LogP contribution in [0.1, 0.15) is 24.8 Å². The van der Waals surface area contributed by atoms with E-state index < -0.39 is 0 Å². The van der Waals surface area contributed by atoms with Crippen molar-refractivity contribution in [2.45, 2.75) is 25.8 Å². The lowest BCUT2D eigenvalue weighted by atomic mass is 9.99. The third-order valence-electron chi connectivity index (χ3n) is 4.19. The molecule has 1 aromatic carbocycles. The highest BCUT2D eigenvalue weighted by atomic mass is 19.1. The van der Waals surface area contributed by atoms with Crippen LogP contribution in [0, 0.1) is 5.82 Å². The molecule has 0 N–H and O–H groups in total. The van der Waals surface area contributed by atoms with E-state index in [1.807, 2.05) is 18.2 Å². The van der Waals surface area contributed by atoms with Crippen molar-refractivity contribution < 1.29 is 9.13 Å². The van der Waals surface area contributed by atoms with E-state index in [1.54, 1.807) is 13.2 Å². The Morgan fingerprint density at radius 3 is 2.68 bits per heavy atom. The molecule has 2 aromatic rings. The number of hydrogen-bond acceptors (Lipinski definition) is 3. The van der Waals surface area contributed by atoms with Crippen LogP contribution in [0.3, 0.4) is 0 Å². The molecule has 116 valence electrons. The van der Waals surface area contributed by atoms with Gasteiger partial charge in [-0.1, -0.05) is 30.7 Å². The topological polar surface area (TPSA) is 25.4 Å². The van der Waals surface area contributed by atoms with Gasteiger partial charge in [-0.3, -0.25) is 4.90 Å². The zero-order valence-electron chi connectivity index (χ0n) is 12.9. The van der Waals surface area contributed by atoms with Gasteiger partial charge in [-0.25, -0.2) is 9.37 Å². The van der Waals surface area contributed by atoms with E-state index in [0.717, 1.165) is 30.8 Å². The van der Waals surface area contributed by atoms with Crippen LogP contribution in [-0.4, -0.2) is 30.1 Å². The molecule has 4 heteroatoms. The number of aromatic nitrogens is 1. The van der Waals surface area contributed by atoms with E-state index in [1.165, 1.54) is 25.5 Å². The molecule has 1 saturated heterocycles. The maximum atomic E-state index is 14.2. The Kier molecular flexibility index (Phi) is 4.68. The molecule has 1 aliphatic heterocycles. The number of ether oxygens (including phenoxy) is 1. The molecule has 0 aliphatic carbocycles. The van der Waals surface area contributed by atoms with Gasteiger partial charge in [0.15, 0.2) is 0 Å². The van der Waals surface area contributed by atoms with Gasteiger partial charge >= 0.3 is 0 Å². The monoisotopic (exact) mass is 300 g/mol. The van der Waals surface area contributed by atoms with Gasteiger partial charge in [-0.15, -0.1) is 0 Å². The Labute approximate surface area is 130 Å². The van der Waals surface area contributed by atoms with Gasteiger partial charge in [0.2, 0.25) is 5.88 Å². The number of benzene rings is 1. The van der Waals surface area contributed by atoms with Gasteiger partial charge in [0.05, 0.1) is 13.3 Å². The second-order valence-corrected chi connectivity index (χ2v) is 5.70. The van der Waals surface area contributed by atoms with Crippen molar-refractivity contribution in [3.63, 3.8) is 0 Å². The number of halogens is 1. The predicted octanol–water partition coefficient (Wildman–Crippen LogP) is 3.88. The molecule has 0 atom stereocenters. The van der Waals surface area contributed by atoms with Crippen molar-refractivity contribution in [1.82, 2.24) is 9.88 Å². The zero-order chi connectivity index (χ0) is 15.4. The van der Waals surface area contributed by atoms with E-state index in [9.17, 15) is 4.39 Å². The number of piperidine rings is 1. The first-order chi connectivity index (χ1) is 10.8. The first kappa shape index (κ1) is 15.0. The smallest absolute Gasteiger partial charge is 0.213 e. The molecule has 3 nitrogen and oxygen atoms in total. The highest BCUT2D eigenvalue weighted by Gasteiger charge is 2.15. The lowest BCUT2D eigenvalue weighted by Gasteiger charge is -2.27. The molecule has 1 aromatic heterocycles. The van der Waals surface area contributed by atoms with Crippen LogP contribution in [0.2, 0.25) is 0 Å². The van der Waals surface area contributed by atoms with Crippen molar-refractivity contribution in [1.29, 1.82) is 0 Å². The van der Waals surface area contributed by atoms with Crippen LogP contribution >= 0.6 is 0 Å². The van der Waals surface area contributed by atoms with Gasteiger partial charge in [-0.2, -0.15) is 0 Å². The Morgan fingerprint density at radius 1 is 1.14 bits per heavy atom. The molecular weight excluding hydrogens is 279 g/mol. The van der Waals surface area contributed by atoms with Crippen LogP contribution in [-0.2, 0) is 6.54 Å². The second kappa shape index (κ2) is 6.88. The van der Waals surface area contributed by atoms with Gasteiger partial charge in [0.1, 0.15) is 5.82 Å². The van der Waals surface area contributed by atoms with Crippen molar-refractivity contribution in [3.8, 4) is 17.0 Å². The molecule has 3 rings (SSSR count). The van der Waals surface area contributed by atoms with Crippen molar-refractivity contribution in [2.24, 2.45) is 0 Å². The lowest BCUT2D eigenvalue weighted by Crippen LogP contribution is -2.29. The minimum atomic E-state index is -0.313. The number of methoxy groups -OCH3 is 1. The molecule has 0 amide bonds. The van der Waals surface area contributed by atoms with Crippen LogP contribution < -0.4 is 4.74 Å². The van der Waals surface area contributed by atoms with Gasteiger partial charge < -0.3 is 4.74 Å². The quantitative estimate of drug-likeness (QED) is 0.856. The Hall–Kier alpha value is -1.94. The summed E-state index contributed by atoms with van der Waals surface area (Å²) in [6, 6.07) is 9.68. The zero-order valence-corrected chi connectivity index (χ0v) is 12.9. The Balaban J connectivity index is 1.93. The van der Waals surface area contributed by atoms with Crippen LogP contribution in [0.15, 0.2) is 36.5 Å². The number of hydrogen-bond donors (Lipinski definition) is 0. The Bertz CT molecular complexity index is 639. The van der Waals surface area contributed by atoms with E-state index in [0.29, 0.717) is 11.4 Å². The molecule has 22 heavy (non-hydrogen) atoms. The standard InChI is InChI=1S/C18H21FN2O/c1-22-18-11-16(17(19)12-20-18)15-8-4-3-7-14(15)13-21-9-5-2-6-10-21/h3-4,7-8,11-12H,2,5-6,9-10,13H2,1H3. The minimum Gasteiger partial charge on any atom is -0.481 e. The SMILES string of the molecule is COc1cc(-c2ccccc2CN2CCCCC2)c(F)cn1. The third kappa shape index (κ3) is 3.28. The largest absolute Gasteiger partial charge is 0.481 e. The van der Waals surface area contributed by atoms with E-state index in [4.69, 9.17) is 4.74 Å².